The summed E-state index contributed by atoms with van der Waals surface area (Å²) in [5, 5.41) is 0. The number of H-pyrrole nitrogens is 1. The summed E-state index contributed by atoms with van der Waals surface area (Å²) in [6.45, 7) is 1.38. The van der Waals surface area contributed by atoms with Crippen molar-refractivity contribution in [3.8, 4) is 11.5 Å². The first-order valence-electron chi connectivity index (χ1n) is 12.0. The summed E-state index contributed by atoms with van der Waals surface area (Å²) in [6, 6.07) is 16.8. The SMILES string of the molecule is O=C(c1ccc(O[C@@H]2CCOC2)c(C(F)(F)F)c1)N1CCC(Oc2ccccc2)(c2ccc[nH]2)CC1. The molecule has 3 aromatic rings. The average molecular weight is 501 g/mol. The summed E-state index contributed by atoms with van der Waals surface area (Å²) in [5.74, 6) is -0.0174. The van der Waals surface area contributed by atoms with Crippen LogP contribution in [0.25, 0.3) is 0 Å². The fourth-order valence-electron chi connectivity index (χ4n) is 4.78. The van der Waals surface area contributed by atoms with Crippen molar-refractivity contribution >= 4 is 5.91 Å². The molecule has 2 fully saturated rings. The summed E-state index contributed by atoms with van der Waals surface area (Å²) in [5.41, 5.74) is -0.742. The highest BCUT2D eigenvalue weighted by Gasteiger charge is 2.41. The number of likely N-dealkylation sites (tertiary alicyclic amines) is 1. The Labute approximate surface area is 207 Å². The van der Waals surface area contributed by atoms with Gasteiger partial charge in [0.25, 0.3) is 5.91 Å². The number of nitrogens with zero attached hydrogens (tertiary/aromatic N) is 1. The van der Waals surface area contributed by atoms with E-state index in [-0.39, 0.29) is 17.9 Å². The third-order valence-electron chi connectivity index (χ3n) is 6.72. The Balaban J connectivity index is 1.34. The fraction of sp³-hybridized carbons (Fsp3) is 0.370. The summed E-state index contributed by atoms with van der Waals surface area (Å²) in [6.07, 6.45) is -1.76. The second-order valence-corrected chi connectivity index (χ2v) is 9.10. The lowest BCUT2D eigenvalue weighted by Gasteiger charge is -2.41. The van der Waals surface area contributed by atoms with Crippen LogP contribution in [0.1, 0.15) is 40.9 Å². The third-order valence-corrected chi connectivity index (χ3v) is 6.72. The Morgan fingerprint density at radius 2 is 1.83 bits per heavy atom. The molecule has 1 aromatic heterocycles. The zero-order valence-corrected chi connectivity index (χ0v) is 19.6. The molecule has 1 amide bonds. The van der Waals surface area contributed by atoms with Gasteiger partial charge in [-0.15, -0.1) is 0 Å². The minimum atomic E-state index is -4.65. The minimum Gasteiger partial charge on any atom is -0.487 e. The molecule has 2 aliphatic heterocycles. The number of carbonyl (C=O) groups is 1. The number of rotatable bonds is 6. The maximum atomic E-state index is 13.8. The van der Waals surface area contributed by atoms with Crippen LogP contribution in [0.5, 0.6) is 11.5 Å². The van der Waals surface area contributed by atoms with E-state index in [1.807, 2.05) is 48.7 Å². The molecule has 5 rings (SSSR count). The highest BCUT2D eigenvalue weighted by Crippen LogP contribution is 2.40. The van der Waals surface area contributed by atoms with Crippen molar-refractivity contribution in [3.05, 3.63) is 83.7 Å². The Morgan fingerprint density at radius 3 is 2.47 bits per heavy atom. The van der Waals surface area contributed by atoms with Gasteiger partial charge in [-0.2, -0.15) is 13.2 Å². The minimum absolute atomic E-state index is 0.0197. The summed E-state index contributed by atoms with van der Waals surface area (Å²) in [7, 11) is 0. The van der Waals surface area contributed by atoms with Gasteiger partial charge in [0.1, 0.15) is 17.6 Å². The lowest BCUT2D eigenvalue weighted by molar-refractivity contribution is -0.139. The molecule has 190 valence electrons. The zero-order valence-electron chi connectivity index (χ0n) is 19.6. The Morgan fingerprint density at radius 1 is 1.06 bits per heavy atom. The van der Waals surface area contributed by atoms with E-state index < -0.39 is 29.4 Å². The first-order chi connectivity index (χ1) is 17.3. The predicted octanol–water partition coefficient (Wildman–Crippen LogP) is 5.41. The van der Waals surface area contributed by atoms with Crippen LogP contribution in [-0.2, 0) is 16.5 Å². The van der Waals surface area contributed by atoms with E-state index in [0.29, 0.717) is 44.7 Å². The van der Waals surface area contributed by atoms with Gasteiger partial charge >= 0.3 is 6.18 Å². The number of hydrogen-bond donors (Lipinski definition) is 1. The quantitative estimate of drug-likeness (QED) is 0.492. The molecule has 3 heterocycles. The molecular formula is C27H27F3N2O4. The molecule has 2 saturated heterocycles. The molecule has 0 bridgehead atoms. The van der Waals surface area contributed by atoms with Crippen molar-refractivity contribution in [1.82, 2.24) is 9.88 Å². The van der Waals surface area contributed by atoms with E-state index in [1.165, 1.54) is 12.1 Å². The summed E-state index contributed by atoms with van der Waals surface area (Å²) in [4.78, 5) is 18.0. The van der Waals surface area contributed by atoms with Crippen LogP contribution in [0.15, 0.2) is 66.9 Å². The number of aromatic amines is 1. The topological polar surface area (TPSA) is 63.8 Å². The molecule has 0 radical (unpaired) electrons. The number of hydrogen-bond acceptors (Lipinski definition) is 4. The zero-order chi connectivity index (χ0) is 25.2. The van der Waals surface area contributed by atoms with E-state index in [9.17, 15) is 18.0 Å². The normalized spacial score (nSPS) is 19.8. The van der Waals surface area contributed by atoms with E-state index in [4.69, 9.17) is 14.2 Å². The lowest BCUT2D eigenvalue weighted by Crippen LogP contribution is -2.48. The third kappa shape index (κ3) is 5.06. The van der Waals surface area contributed by atoms with Crippen LogP contribution in [0, 0.1) is 0 Å². The van der Waals surface area contributed by atoms with Crippen molar-refractivity contribution in [2.24, 2.45) is 0 Å². The van der Waals surface area contributed by atoms with Gasteiger partial charge in [-0.1, -0.05) is 18.2 Å². The number of alkyl halides is 3. The van der Waals surface area contributed by atoms with E-state index in [1.54, 1.807) is 4.90 Å². The van der Waals surface area contributed by atoms with Gasteiger partial charge in [0.2, 0.25) is 0 Å². The molecule has 0 saturated carbocycles. The number of piperidine rings is 1. The van der Waals surface area contributed by atoms with Crippen LogP contribution >= 0.6 is 0 Å². The number of para-hydroxylation sites is 1. The molecule has 1 atom stereocenters. The molecule has 0 unspecified atom stereocenters. The van der Waals surface area contributed by atoms with Gasteiger partial charge in [0.15, 0.2) is 5.60 Å². The Bertz CT molecular complexity index is 1170. The maximum Gasteiger partial charge on any atom is 0.419 e. The molecular weight excluding hydrogens is 473 g/mol. The van der Waals surface area contributed by atoms with Gasteiger partial charge in [0, 0.05) is 44.1 Å². The van der Waals surface area contributed by atoms with Crippen molar-refractivity contribution in [1.29, 1.82) is 0 Å². The van der Waals surface area contributed by atoms with Crippen molar-refractivity contribution in [2.45, 2.75) is 37.1 Å². The highest BCUT2D eigenvalue weighted by atomic mass is 19.4. The van der Waals surface area contributed by atoms with Gasteiger partial charge < -0.3 is 24.1 Å². The average Bonchev–Trinajstić information content (AvgIpc) is 3.59. The van der Waals surface area contributed by atoms with Crippen LogP contribution in [0.2, 0.25) is 0 Å². The number of amides is 1. The molecule has 0 aliphatic carbocycles. The second kappa shape index (κ2) is 9.89. The summed E-state index contributed by atoms with van der Waals surface area (Å²) < 4.78 is 58.6. The molecule has 2 aromatic carbocycles. The van der Waals surface area contributed by atoms with E-state index in [0.717, 1.165) is 11.8 Å². The maximum absolute atomic E-state index is 13.8. The predicted molar refractivity (Wildman–Crippen MR) is 126 cm³/mol. The Kier molecular flexibility index (Phi) is 6.66. The van der Waals surface area contributed by atoms with Gasteiger partial charge in [-0.25, -0.2) is 0 Å². The van der Waals surface area contributed by atoms with Crippen LogP contribution in [-0.4, -0.2) is 48.2 Å². The van der Waals surface area contributed by atoms with Crippen LogP contribution < -0.4 is 9.47 Å². The van der Waals surface area contributed by atoms with Gasteiger partial charge in [0.05, 0.1) is 24.5 Å². The smallest absolute Gasteiger partial charge is 0.419 e. The van der Waals surface area contributed by atoms with Gasteiger partial charge in [-0.3, -0.25) is 4.79 Å². The van der Waals surface area contributed by atoms with Crippen molar-refractivity contribution < 1.29 is 32.2 Å². The molecule has 9 heteroatoms. The van der Waals surface area contributed by atoms with Crippen LogP contribution in [0.3, 0.4) is 0 Å². The number of halogens is 3. The number of ether oxygens (including phenoxy) is 3. The number of nitrogens with one attached hydrogen (secondary N) is 1. The second-order valence-electron chi connectivity index (χ2n) is 9.10. The highest BCUT2D eigenvalue weighted by molar-refractivity contribution is 5.94. The van der Waals surface area contributed by atoms with E-state index in [2.05, 4.69) is 4.98 Å². The van der Waals surface area contributed by atoms with Gasteiger partial charge in [-0.05, 0) is 42.5 Å². The van der Waals surface area contributed by atoms with Crippen molar-refractivity contribution in [2.75, 3.05) is 26.3 Å². The fourth-order valence-corrected chi connectivity index (χ4v) is 4.78. The molecule has 6 nitrogen and oxygen atoms in total. The van der Waals surface area contributed by atoms with E-state index >= 15 is 0 Å². The van der Waals surface area contributed by atoms with Crippen molar-refractivity contribution in [3.63, 3.8) is 0 Å². The lowest BCUT2D eigenvalue weighted by atomic mass is 9.87. The number of carbonyl (C=O) groups excluding carboxylic acids is 1. The largest absolute Gasteiger partial charge is 0.487 e. The molecule has 0 spiro atoms. The molecule has 1 N–H and O–H groups in total. The number of aromatic nitrogens is 1. The van der Waals surface area contributed by atoms with Crippen LogP contribution in [0.4, 0.5) is 13.2 Å². The first-order valence-corrected chi connectivity index (χ1v) is 12.0. The molecule has 2 aliphatic rings. The molecule has 36 heavy (non-hydrogen) atoms. The summed E-state index contributed by atoms with van der Waals surface area (Å²) >= 11 is 0. The first kappa shape index (κ1) is 24.2. The monoisotopic (exact) mass is 500 g/mol. The number of benzene rings is 2. The standard InChI is InChI=1S/C27H27F3N2O4/c28-27(29,30)22-17-19(8-9-23(22)35-21-10-16-34-18-21)25(33)32-14-11-26(12-15-32,24-7-4-13-31-24)36-20-5-2-1-3-6-20/h1-9,13,17,21,31H,10-12,14-16,18H2/t21-/m1/s1. The Hall–Kier alpha value is -3.46.